The zero-order chi connectivity index (χ0) is 15.5. The Bertz CT molecular complexity index is 700. The summed E-state index contributed by atoms with van der Waals surface area (Å²) in [6, 6.07) is 8.09. The number of nitrogens with zero attached hydrogens (tertiary/aromatic N) is 2. The molecule has 0 radical (unpaired) electrons. The monoisotopic (exact) mass is 297 g/mol. The van der Waals surface area contributed by atoms with E-state index in [1.807, 2.05) is 31.4 Å². The third kappa shape index (κ3) is 2.80. The van der Waals surface area contributed by atoms with E-state index in [4.69, 9.17) is 10.5 Å². The van der Waals surface area contributed by atoms with Gasteiger partial charge in [-0.25, -0.2) is 0 Å². The standard InChI is InChI=1S/C17H19N3O2/c1-20-16-4-2-12(8-13(16)3-5-17(20)21)14-9-15(11-19-10-14)22-7-6-18/h2,4,8-11H,3,5-7,18H2,1H3. The highest BCUT2D eigenvalue weighted by Crippen LogP contribution is 2.32. The number of aryl methyl sites for hydroxylation is 1. The Morgan fingerprint density at radius 3 is 2.91 bits per heavy atom. The average molecular weight is 297 g/mol. The van der Waals surface area contributed by atoms with Gasteiger partial charge in [0.05, 0.1) is 6.20 Å². The Labute approximate surface area is 129 Å². The Hall–Kier alpha value is -2.40. The fraction of sp³-hybridized carbons (Fsp3) is 0.294. The SMILES string of the molecule is CN1C(=O)CCc2cc(-c3cncc(OCCN)c3)ccc21. The van der Waals surface area contributed by atoms with Crippen molar-refractivity contribution in [2.24, 2.45) is 5.73 Å². The number of benzene rings is 1. The van der Waals surface area contributed by atoms with Crippen molar-refractivity contribution >= 4 is 11.6 Å². The lowest BCUT2D eigenvalue weighted by Crippen LogP contribution is -2.30. The molecule has 114 valence electrons. The topological polar surface area (TPSA) is 68.5 Å². The van der Waals surface area contributed by atoms with Gasteiger partial charge in [0.15, 0.2) is 0 Å². The van der Waals surface area contributed by atoms with E-state index < -0.39 is 0 Å². The minimum Gasteiger partial charge on any atom is -0.491 e. The van der Waals surface area contributed by atoms with Crippen LogP contribution in [0.4, 0.5) is 5.69 Å². The molecule has 0 aliphatic carbocycles. The summed E-state index contributed by atoms with van der Waals surface area (Å²) < 4.78 is 5.52. The van der Waals surface area contributed by atoms with E-state index in [1.54, 1.807) is 11.1 Å². The molecule has 0 fully saturated rings. The largest absolute Gasteiger partial charge is 0.491 e. The second-order valence-electron chi connectivity index (χ2n) is 5.34. The molecule has 1 amide bonds. The number of ether oxygens (including phenoxy) is 1. The Morgan fingerprint density at radius 1 is 1.23 bits per heavy atom. The summed E-state index contributed by atoms with van der Waals surface area (Å²) in [6.07, 6.45) is 4.84. The molecule has 5 heteroatoms. The number of carbonyl (C=O) groups excluding carboxylic acids is 1. The molecule has 1 aromatic carbocycles. The molecule has 22 heavy (non-hydrogen) atoms. The highest BCUT2D eigenvalue weighted by Gasteiger charge is 2.20. The van der Waals surface area contributed by atoms with Crippen molar-refractivity contribution in [3.05, 3.63) is 42.2 Å². The molecular weight excluding hydrogens is 278 g/mol. The van der Waals surface area contributed by atoms with Crippen LogP contribution in [0.3, 0.4) is 0 Å². The number of pyridine rings is 1. The van der Waals surface area contributed by atoms with E-state index in [9.17, 15) is 4.79 Å². The van der Waals surface area contributed by atoms with Gasteiger partial charge in [-0.15, -0.1) is 0 Å². The number of hydrogen-bond acceptors (Lipinski definition) is 4. The second-order valence-corrected chi connectivity index (χ2v) is 5.34. The number of amides is 1. The fourth-order valence-electron chi connectivity index (χ4n) is 2.67. The highest BCUT2D eigenvalue weighted by molar-refractivity contribution is 5.96. The lowest BCUT2D eigenvalue weighted by atomic mass is 9.97. The number of aromatic nitrogens is 1. The van der Waals surface area contributed by atoms with Gasteiger partial charge in [0, 0.05) is 37.5 Å². The summed E-state index contributed by atoms with van der Waals surface area (Å²) in [5, 5.41) is 0. The van der Waals surface area contributed by atoms with Gasteiger partial charge in [-0.1, -0.05) is 6.07 Å². The molecule has 5 nitrogen and oxygen atoms in total. The van der Waals surface area contributed by atoms with Crippen LogP contribution < -0.4 is 15.4 Å². The normalized spacial score (nSPS) is 13.9. The summed E-state index contributed by atoms with van der Waals surface area (Å²) in [4.78, 5) is 17.7. The van der Waals surface area contributed by atoms with Gasteiger partial charge in [0.2, 0.25) is 5.91 Å². The number of rotatable bonds is 4. The summed E-state index contributed by atoms with van der Waals surface area (Å²) in [5.74, 6) is 0.882. The molecule has 2 heterocycles. The molecule has 0 bridgehead atoms. The number of nitrogens with two attached hydrogens (primary N) is 1. The van der Waals surface area contributed by atoms with Crippen molar-refractivity contribution in [2.75, 3.05) is 25.1 Å². The van der Waals surface area contributed by atoms with Gasteiger partial charge in [0.1, 0.15) is 12.4 Å². The molecule has 0 spiro atoms. The zero-order valence-electron chi connectivity index (χ0n) is 12.6. The Kier molecular flexibility index (Phi) is 4.06. The molecular formula is C17H19N3O2. The van der Waals surface area contributed by atoms with Crippen LogP contribution in [-0.4, -0.2) is 31.1 Å². The number of hydrogen-bond donors (Lipinski definition) is 1. The van der Waals surface area contributed by atoms with E-state index in [2.05, 4.69) is 11.1 Å². The van der Waals surface area contributed by atoms with Gasteiger partial charge in [-0.2, -0.15) is 0 Å². The third-order valence-electron chi connectivity index (χ3n) is 3.86. The van der Waals surface area contributed by atoms with Crippen molar-refractivity contribution in [1.82, 2.24) is 4.98 Å². The third-order valence-corrected chi connectivity index (χ3v) is 3.86. The van der Waals surface area contributed by atoms with Gasteiger partial charge in [0.25, 0.3) is 0 Å². The summed E-state index contributed by atoms with van der Waals surface area (Å²) in [5.41, 5.74) is 9.70. The molecule has 2 aromatic rings. The van der Waals surface area contributed by atoms with Crippen LogP contribution in [-0.2, 0) is 11.2 Å². The van der Waals surface area contributed by atoms with Crippen molar-refractivity contribution in [3.63, 3.8) is 0 Å². The average Bonchev–Trinajstić information content (AvgIpc) is 2.56. The number of anilines is 1. The van der Waals surface area contributed by atoms with E-state index in [0.29, 0.717) is 25.3 Å². The maximum absolute atomic E-state index is 11.7. The highest BCUT2D eigenvalue weighted by atomic mass is 16.5. The second kappa shape index (κ2) is 6.15. The molecule has 2 N–H and O–H groups in total. The Balaban J connectivity index is 1.91. The summed E-state index contributed by atoms with van der Waals surface area (Å²) >= 11 is 0. The fourth-order valence-corrected chi connectivity index (χ4v) is 2.67. The van der Waals surface area contributed by atoms with Gasteiger partial charge >= 0.3 is 0 Å². The van der Waals surface area contributed by atoms with Crippen LogP contribution in [0.15, 0.2) is 36.7 Å². The molecule has 0 saturated carbocycles. The van der Waals surface area contributed by atoms with E-state index in [0.717, 1.165) is 23.2 Å². The predicted molar refractivity (Wildman–Crippen MR) is 86.0 cm³/mol. The van der Waals surface area contributed by atoms with Crippen molar-refractivity contribution in [1.29, 1.82) is 0 Å². The minimum atomic E-state index is 0.166. The lowest BCUT2D eigenvalue weighted by molar-refractivity contribution is -0.118. The molecule has 1 aliphatic rings. The van der Waals surface area contributed by atoms with Crippen molar-refractivity contribution in [2.45, 2.75) is 12.8 Å². The van der Waals surface area contributed by atoms with E-state index in [-0.39, 0.29) is 5.91 Å². The van der Waals surface area contributed by atoms with Crippen molar-refractivity contribution < 1.29 is 9.53 Å². The molecule has 3 rings (SSSR count). The van der Waals surface area contributed by atoms with Crippen molar-refractivity contribution in [3.8, 4) is 16.9 Å². The summed E-state index contributed by atoms with van der Waals surface area (Å²) in [6.45, 7) is 0.950. The zero-order valence-corrected chi connectivity index (χ0v) is 12.6. The lowest BCUT2D eigenvalue weighted by Gasteiger charge is -2.26. The first-order valence-corrected chi connectivity index (χ1v) is 7.37. The Morgan fingerprint density at radius 2 is 2.09 bits per heavy atom. The number of carbonyl (C=O) groups is 1. The van der Waals surface area contributed by atoms with E-state index >= 15 is 0 Å². The molecule has 1 aromatic heterocycles. The van der Waals surface area contributed by atoms with Gasteiger partial charge in [-0.3, -0.25) is 9.78 Å². The van der Waals surface area contributed by atoms with Crippen LogP contribution in [0.2, 0.25) is 0 Å². The molecule has 0 unspecified atom stereocenters. The van der Waals surface area contributed by atoms with Crippen LogP contribution in [0, 0.1) is 0 Å². The quantitative estimate of drug-likeness (QED) is 0.937. The first-order chi connectivity index (χ1) is 10.7. The first-order valence-electron chi connectivity index (χ1n) is 7.37. The van der Waals surface area contributed by atoms with E-state index in [1.165, 1.54) is 5.56 Å². The first kappa shape index (κ1) is 14.5. The van der Waals surface area contributed by atoms with Gasteiger partial charge in [-0.05, 0) is 35.7 Å². The maximum atomic E-state index is 11.7. The van der Waals surface area contributed by atoms with Crippen LogP contribution >= 0.6 is 0 Å². The van der Waals surface area contributed by atoms with Gasteiger partial charge < -0.3 is 15.4 Å². The molecule has 0 atom stereocenters. The van der Waals surface area contributed by atoms with Crippen LogP contribution in [0.25, 0.3) is 11.1 Å². The molecule has 1 aliphatic heterocycles. The van der Waals surface area contributed by atoms with Crippen LogP contribution in [0.5, 0.6) is 5.75 Å². The predicted octanol–water partition coefficient (Wildman–Crippen LogP) is 2.00. The maximum Gasteiger partial charge on any atom is 0.227 e. The van der Waals surface area contributed by atoms with Crippen LogP contribution in [0.1, 0.15) is 12.0 Å². The summed E-state index contributed by atoms with van der Waals surface area (Å²) in [7, 11) is 1.82. The smallest absolute Gasteiger partial charge is 0.227 e. The number of fused-ring (bicyclic) bond motifs is 1. The minimum absolute atomic E-state index is 0.166. The molecule has 0 saturated heterocycles.